The Morgan fingerprint density at radius 2 is 1.81 bits per heavy atom. The number of hydrogen-bond acceptors (Lipinski definition) is 4. The summed E-state index contributed by atoms with van der Waals surface area (Å²) in [5.41, 5.74) is 0.568. The maximum atomic E-state index is 12.1. The molecule has 0 bridgehead atoms. The molecule has 5 nitrogen and oxygen atoms in total. The number of rotatable bonds is 13. The van der Waals surface area contributed by atoms with E-state index in [1.54, 1.807) is 18.3 Å². The molecule has 1 amide bonds. The van der Waals surface area contributed by atoms with Crippen molar-refractivity contribution in [2.24, 2.45) is 16.1 Å². The minimum absolute atomic E-state index is 0.0711. The van der Waals surface area contributed by atoms with Crippen LogP contribution in [0.1, 0.15) is 89.4 Å². The van der Waals surface area contributed by atoms with E-state index in [1.807, 2.05) is 13.8 Å². The maximum Gasteiger partial charge on any atom is 0.252 e. The Balaban J connectivity index is 2.13. The van der Waals surface area contributed by atoms with E-state index in [2.05, 4.69) is 34.4 Å². The molecule has 1 aromatic heterocycles. The molecular weight excluding hydrogens is 324 g/mol. The van der Waals surface area contributed by atoms with Gasteiger partial charge < -0.3 is 5.32 Å². The first kappa shape index (κ1) is 22.3. The molecule has 0 radical (unpaired) electrons. The third-order valence-electron chi connectivity index (χ3n) is 4.34. The van der Waals surface area contributed by atoms with Crippen LogP contribution in [-0.4, -0.2) is 23.5 Å². The van der Waals surface area contributed by atoms with E-state index in [-0.39, 0.29) is 11.9 Å². The van der Waals surface area contributed by atoms with Gasteiger partial charge in [-0.25, -0.2) is 4.98 Å². The minimum atomic E-state index is -0.0711. The molecule has 1 atom stereocenters. The highest BCUT2D eigenvalue weighted by Gasteiger charge is 2.05. The van der Waals surface area contributed by atoms with Crippen molar-refractivity contribution in [2.75, 3.05) is 6.54 Å². The van der Waals surface area contributed by atoms with Gasteiger partial charge in [-0.05, 0) is 38.3 Å². The van der Waals surface area contributed by atoms with E-state index >= 15 is 0 Å². The average molecular weight is 361 g/mol. The van der Waals surface area contributed by atoms with Crippen LogP contribution in [0.4, 0.5) is 5.82 Å². The number of carbonyl (C=O) groups is 1. The fraction of sp³-hybridized carbons (Fsp3) is 0.714. The van der Waals surface area contributed by atoms with Crippen LogP contribution < -0.4 is 5.32 Å². The van der Waals surface area contributed by atoms with Gasteiger partial charge in [0, 0.05) is 12.7 Å². The zero-order valence-electron chi connectivity index (χ0n) is 17.0. The minimum Gasteiger partial charge on any atom is -0.352 e. The molecule has 0 spiro atoms. The molecule has 0 saturated heterocycles. The summed E-state index contributed by atoms with van der Waals surface area (Å²) < 4.78 is 0. The van der Waals surface area contributed by atoms with Crippen LogP contribution in [0.25, 0.3) is 0 Å². The van der Waals surface area contributed by atoms with Crippen molar-refractivity contribution in [2.45, 2.75) is 85.1 Å². The first-order valence-corrected chi connectivity index (χ1v) is 10.2. The fourth-order valence-electron chi connectivity index (χ4n) is 2.84. The van der Waals surface area contributed by atoms with Gasteiger partial charge in [0.25, 0.3) is 5.91 Å². The van der Waals surface area contributed by atoms with Crippen LogP contribution in [0.15, 0.2) is 28.6 Å². The van der Waals surface area contributed by atoms with E-state index in [1.165, 1.54) is 44.9 Å². The van der Waals surface area contributed by atoms with Gasteiger partial charge in [-0.15, -0.1) is 5.11 Å². The van der Waals surface area contributed by atoms with Gasteiger partial charge in [0.2, 0.25) is 0 Å². The average Bonchev–Trinajstić information content (AvgIpc) is 2.62. The molecule has 0 saturated carbocycles. The van der Waals surface area contributed by atoms with Gasteiger partial charge in [0.1, 0.15) is 0 Å². The first-order chi connectivity index (χ1) is 12.5. The molecule has 26 heavy (non-hydrogen) atoms. The molecule has 5 heteroatoms. The van der Waals surface area contributed by atoms with Crippen LogP contribution in [0.3, 0.4) is 0 Å². The molecule has 0 aromatic carbocycles. The van der Waals surface area contributed by atoms with E-state index in [9.17, 15) is 4.79 Å². The molecule has 0 aliphatic carbocycles. The number of nitrogens with zero attached hydrogens (tertiary/aromatic N) is 3. The summed E-state index contributed by atoms with van der Waals surface area (Å²) in [7, 11) is 0. The third kappa shape index (κ3) is 10.3. The molecule has 0 aliphatic rings. The zero-order valence-corrected chi connectivity index (χ0v) is 17.0. The van der Waals surface area contributed by atoms with Crippen molar-refractivity contribution < 1.29 is 4.79 Å². The van der Waals surface area contributed by atoms with E-state index in [4.69, 9.17) is 0 Å². The van der Waals surface area contributed by atoms with Crippen molar-refractivity contribution >= 4 is 11.7 Å². The van der Waals surface area contributed by atoms with Crippen molar-refractivity contribution in [3.8, 4) is 0 Å². The summed E-state index contributed by atoms with van der Waals surface area (Å²) in [5, 5.41) is 11.0. The smallest absolute Gasteiger partial charge is 0.252 e. The molecule has 146 valence electrons. The number of pyridine rings is 1. The monoisotopic (exact) mass is 360 g/mol. The lowest BCUT2D eigenvalue weighted by atomic mass is 9.98. The Labute approximate surface area is 159 Å². The Bertz CT molecular complexity index is 525. The predicted molar refractivity (Wildman–Crippen MR) is 108 cm³/mol. The van der Waals surface area contributed by atoms with Crippen LogP contribution in [0.2, 0.25) is 0 Å². The highest BCUT2D eigenvalue weighted by Crippen LogP contribution is 2.15. The molecular formula is C21H36N4O. The largest absolute Gasteiger partial charge is 0.352 e. The summed E-state index contributed by atoms with van der Waals surface area (Å²) in [6, 6.07) is 3.61. The summed E-state index contributed by atoms with van der Waals surface area (Å²) in [6.45, 7) is 9.25. The van der Waals surface area contributed by atoms with E-state index < -0.39 is 0 Å². The van der Waals surface area contributed by atoms with Gasteiger partial charge in [-0.3, -0.25) is 4.79 Å². The zero-order chi connectivity index (χ0) is 19.2. The number of carbonyl (C=O) groups excluding carboxylic acids is 1. The highest BCUT2D eigenvalue weighted by molar-refractivity contribution is 5.93. The fourth-order valence-corrected chi connectivity index (χ4v) is 2.84. The van der Waals surface area contributed by atoms with Crippen molar-refractivity contribution in [3.63, 3.8) is 0 Å². The second-order valence-electron chi connectivity index (χ2n) is 7.42. The Hall–Kier alpha value is -1.78. The summed E-state index contributed by atoms with van der Waals surface area (Å²) in [4.78, 5) is 16.2. The van der Waals surface area contributed by atoms with Crippen molar-refractivity contribution in [1.82, 2.24) is 10.3 Å². The van der Waals surface area contributed by atoms with E-state index in [0.717, 1.165) is 18.9 Å². The van der Waals surface area contributed by atoms with Crippen LogP contribution in [0.5, 0.6) is 0 Å². The topological polar surface area (TPSA) is 66.7 Å². The number of amides is 1. The SMILES string of the molecule is CCCC(C)CCCCCCCNC(=O)c1ccc(N=NC(C)C)nc1. The van der Waals surface area contributed by atoms with Gasteiger partial charge in [-0.1, -0.05) is 58.8 Å². The lowest BCUT2D eigenvalue weighted by Gasteiger charge is -2.09. The third-order valence-corrected chi connectivity index (χ3v) is 4.34. The number of azo groups is 1. The lowest BCUT2D eigenvalue weighted by Crippen LogP contribution is -2.24. The highest BCUT2D eigenvalue weighted by atomic mass is 16.1. The van der Waals surface area contributed by atoms with Crippen LogP contribution in [0, 0.1) is 5.92 Å². The summed E-state index contributed by atoms with van der Waals surface area (Å²) in [6.07, 6.45) is 11.7. The number of aromatic nitrogens is 1. The Morgan fingerprint density at radius 1 is 1.08 bits per heavy atom. The Kier molecular flexibility index (Phi) is 11.5. The molecule has 1 unspecified atom stereocenters. The van der Waals surface area contributed by atoms with Crippen molar-refractivity contribution in [1.29, 1.82) is 0 Å². The number of unbranched alkanes of at least 4 members (excludes halogenated alkanes) is 4. The van der Waals surface area contributed by atoms with Crippen LogP contribution in [-0.2, 0) is 0 Å². The van der Waals surface area contributed by atoms with Gasteiger partial charge in [0.05, 0.1) is 11.6 Å². The normalized spacial score (nSPS) is 12.7. The number of hydrogen-bond donors (Lipinski definition) is 1. The second-order valence-corrected chi connectivity index (χ2v) is 7.42. The van der Waals surface area contributed by atoms with Crippen LogP contribution >= 0.6 is 0 Å². The van der Waals surface area contributed by atoms with Gasteiger partial charge >= 0.3 is 0 Å². The maximum absolute atomic E-state index is 12.1. The second kappa shape index (κ2) is 13.4. The standard InChI is InChI=1S/C21H36N4O/c1-5-11-18(4)12-9-7-6-8-10-15-22-21(26)19-13-14-20(23-16-19)25-24-17(2)3/h13-14,16-18H,5-12,15H2,1-4H3,(H,22,26). The number of nitrogens with one attached hydrogen (secondary N) is 1. The molecule has 1 rings (SSSR count). The predicted octanol–water partition coefficient (Wildman–Crippen LogP) is 6.08. The first-order valence-electron chi connectivity index (χ1n) is 10.2. The molecule has 0 aliphatic heterocycles. The van der Waals surface area contributed by atoms with E-state index in [0.29, 0.717) is 11.4 Å². The molecule has 1 N–H and O–H groups in total. The summed E-state index contributed by atoms with van der Waals surface area (Å²) >= 11 is 0. The quantitative estimate of drug-likeness (QED) is 0.342. The Morgan fingerprint density at radius 3 is 2.46 bits per heavy atom. The molecule has 1 heterocycles. The van der Waals surface area contributed by atoms with Gasteiger partial charge in [0.15, 0.2) is 5.82 Å². The van der Waals surface area contributed by atoms with Crippen molar-refractivity contribution in [3.05, 3.63) is 23.9 Å². The lowest BCUT2D eigenvalue weighted by molar-refractivity contribution is 0.0952. The van der Waals surface area contributed by atoms with Gasteiger partial charge in [-0.2, -0.15) is 5.11 Å². The summed E-state index contributed by atoms with van der Waals surface area (Å²) in [5.74, 6) is 1.33. The molecule has 0 fully saturated rings. The molecule has 1 aromatic rings.